The molecule has 1 aliphatic carbocycles. The molecule has 0 aromatic heterocycles. The van der Waals surface area contributed by atoms with Crippen LogP contribution in [0.1, 0.15) is 51.9 Å². The summed E-state index contributed by atoms with van der Waals surface area (Å²) in [5.41, 5.74) is 5.71. The van der Waals surface area contributed by atoms with E-state index in [0.717, 1.165) is 18.4 Å². The van der Waals surface area contributed by atoms with Gasteiger partial charge in [-0.1, -0.05) is 32.0 Å². The second kappa shape index (κ2) is 5.46. The topological polar surface area (TPSA) is 29.3 Å². The van der Waals surface area contributed by atoms with Gasteiger partial charge >= 0.3 is 0 Å². The van der Waals surface area contributed by atoms with E-state index in [1.807, 2.05) is 0 Å². The van der Waals surface area contributed by atoms with Gasteiger partial charge in [0.2, 0.25) is 0 Å². The lowest BCUT2D eigenvalue weighted by Gasteiger charge is -2.36. The van der Waals surface area contributed by atoms with Gasteiger partial charge in [-0.05, 0) is 38.1 Å². The van der Waals surface area contributed by atoms with E-state index in [-0.39, 0.29) is 0 Å². The summed E-state index contributed by atoms with van der Waals surface area (Å²) in [6, 6.07) is 1.44. The quantitative estimate of drug-likeness (QED) is 0.766. The zero-order chi connectivity index (χ0) is 11.5. The van der Waals surface area contributed by atoms with E-state index in [4.69, 9.17) is 18.0 Å². The summed E-state index contributed by atoms with van der Waals surface area (Å²) in [7, 11) is 0. The van der Waals surface area contributed by atoms with Crippen LogP contribution in [0.15, 0.2) is 0 Å². The van der Waals surface area contributed by atoms with Gasteiger partial charge in [-0.2, -0.15) is 0 Å². The molecule has 2 rings (SSSR count). The Morgan fingerprint density at radius 3 is 2.81 bits per heavy atom. The molecule has 2 nitrogen and oxygen atoms in total. The van der Waals surface area contributed by atoms with Crippen molar-refractivity contribution in [3.63, 3.8) is 0 Å². The lowest BCUT2D eigenvalue weighted by molar-refractivity contribution is 0.132. The third kappa shape index (κ3) is 2.57. The molecular weight excluding hydrogens is 216 g/mol. The normalized spacial score (nSPS) is 32.3. The lowest BCUT2D eigenvalue weighted by Crippen LogP contribution is -2.43. The van der Waals surface area contributed by atoms with Crippen molar-refractivity contribution in [1.29, 1.82) is 0 Å². The van der Waals surface area contributed by atoms with Gasteiger partial charge in [-0.25, -0.2) is 0 Å². The fourth-order valence-corrected chi connectivity index (χ4v) is 3.82. The Morgan fingerprint density at radius 1 is 1.38 bits per heavy atom. The lowest BCUT2D eigenvalue weighted by atomic mass is 9.85. The van der Waals surface area contributed by atoms with E-state index in [1.54, 1.807) is 0 Å². The SMILES string of the molecule is CCC(CC(N)=S)N1CCC2CCCCC21. The zero-order valence-corrected chi connectivity index (χ0v) is 11.1. The Labute approximate surface area is 105 Å². The minimum atomic E-state index is 0.602. The predicted molar refractivity (Wildman–Crippen MR) is 72.6 cm³/mol. The average Bonchev–Trinajstić information content (AvgIpc) is 2.69. The highest BCUT2D eigenvalue weighted by Crippen LogP contribution is 2.38. The molecular formula is C13H24N2S. The van der Waals surface area contributed by atoms with Crippen molar-refractivity contribution < 1.29 is 0 Å². The van der Waals surface area contributed by atoms with E-state index in [1.165, 1.54) is 45.1 Å². The van der Waals surface area contributed by atoms with Crippen LogP contribution in [0.25, 0.3) is 0 Å². The average molecular weight is 240 g/mol. The van der Waals surface area contributed by atoms with Crippen LogP contribution >= 0.6 is 12.2 Å². The van der Waals surface area contributed by atoms with Crippen LogP contribution in [0.2, 0.25) is 0 Å². The molecule has 1 heterocycles. The minimum absolute atomic E-state index is 0.602. The summed E-state index contributed by atoms with van der Waals surface area (Å²) in [5, 5.41) is 0. The largest absolute Gasteiger partial charge is 0.393 e. The molecule has 2 aliphatic rings. The van der Waals surface area contributed by atoms with Gasteiger partial charge in [0.05, 0.1) is 4.99 Å². The van der Waals surface area contributed by atoms with Crippen molar-refractivity contribution in [3.05, 3.63) is 0 Å². The fraction of sp³-hybridized carbons (Fsp3) is 0.923. The summed E-state index contributed by atoms with van der Waals surface area (Å²) < 4.78 is 0. The molecule has 1 saturated heterocycles. The Bertz CT molecular complexity index is 254. The molecule has 3 atom stereocenters. The maximum absolute atomic E-state index is 5.71. The van der Waals surface area contributed by atoms with E-state index in [9.17, 15) is 0 Å². The molecule has 1 saturated carbocycles. The zero-order valence-electron chi connectivity index (χ0n) is 10.3. The van der Waals surface area contributed by atoms with Crippen LogP contribution in [-0.4, -0.2) is 28.5 Å². The van der Waals surface area contributed by atoms with E-state index >= 15 is 0 Å². The maximum atomic E-state index is 5.71. The van der Waals surface area contributed by atoms with Crippen molar-refractivity contribution in [2.45, 2.75) is 64.0 Å². The van der Waals surface area contributed by atoms with Crippen molar-refractivity contribution >= 4 is 17.2 Å². The van der Waals surface area contributed by atoms with Gasteiger partial charge < -0.3 is 5.73 Å². The number of thiocarbonyl (C=S) groups is 1. The van der Waals surface area contributed by atoms with E-state index in [0.29, 0.717) is 11.0 Å². The molecule has 0 radical (unpaired) electrons. The monoisotopic (exact) mass is 240 g/mol. The molecule has 2 N–H and O–H groups in total. The van der Waals surface area contributed by atoms with Gasteiger partial charge in [0.15, 0.2) is 0 Å². The van der Waals surface area contributed by atoms with Crippen LogP contribution in [-0.2, 0) is 0 Å². The third-order valence-electron chi connectivity index (χ3n) is 4.43. The Balaban J connectivity index is 1.99. The first-order valence-corrected chi connectivity index (χ1v) is 7.17. The standard InChI is InChI=1S/C13H24N2S/c1-2-11(9-13(14)16)15-8-7-10-5-3-4-6-12(10)15/h10-12H,2-9H2,1H3,(H2,14,16). The molecule has 1 aliphatic heterocycles. The highest BCUT2D eigenvalue weighted by atomic mass is 32.1. The number of rotatable bonds is 4. The fourth-order valence-electron chi connectivity index (χ4n) is 3.62. The molecule has 92 valence electrons. The summed E-state index contributed by atoms with van der Waals surface area (Å²) in [5.74, 6) is 0.967. The van der Waals surface area contributed by atoms with Crippen LogP contribution < -0.4 is 5.73 Å². The van der Waals surface area contributed by atoms with Gasteiger partial charge in [0.25, 0.3) is 0 Å². The summed E-state index contributed by atoms with van der Waals surface area (Å²) in [6.45, 7) is 3.54. The second-order valence-corrected chi connectivity index (χ2v) is 5.90. The van der Waals surface area contributed by atoms with Crippen LogP contribution in [0.5, 0.6) is 0 Å². The van der Waals surface area contributed by atoms with Crippen LogP contribution in [0, 0.1) is 5.92 Å². The number of fused-ring (bicyclic) bond motifs is 1. The molecule has 0 aromatic rings. The molecule has 0 amide bonds. The number of likely N-dealkylation sites (tertiary alicyclic amines) is 1. The van der Waals surface area contributed by atoms with Crippen molar-refractivity contribution in [2.75, 3.05) is 6.54 Å². The Kier molecular flexibility index (Phi) is 4.20. The van der Waals surface area contributed by atoms with Crippen molar-refractivity contribution in [2.24, 2.45) is 11.7 Å². The third-order valence-corrected chi connectivity index (χ3v) is 4.60. The molecule has 3 heteroatoms. The smallest absolute Gasteiger partial charge is 0.0743 e. The molecule has 16 heavy (non-hydrogen) atoms. The van der Waals surface area contributed by atoms with Crippen LogP contribution in [0.3, 0.4) is 0 Å². The van der Waals surface area contributed by atoms with Gasteiger partial charge in [-0.15, -0.1) is 0 Å². The number of nitrogens with zero attached hydrogens (tertiary/aromatic N) is 1. The molecule has 3 unspecified atom stereocenters. The highest BCUT2D eigenvalue weighted by Gasteiger charge is 2.38. The molecule has 0 bridgehead atoms. The highest BCUT2D eigenvalue weighted by molar-refractivity contribution is 7.80. The number of nitrogens with two attached hydrogens (primary N) is 1. The second-order valence-electron chi connectivity index (χ2n) is 5.37. The molecule has 0 aromatic carbocycles. The van der Waals surface area contributed by atoms with Crippen molar-refractivity contribution in [1.82, 2.24) is 4.90 Å². The van der Waals surface area contributed by atoms with Gasteiger partial charge in [0, 0.05) is 18.5 Å². The minimum Gasteiger partial charge on any atom is -0.393 e. The summed E-state index contributed by atoms with van der Waals surface area (Å²) in [4.78, 5) is 3.40. The van der Waals surface area contributed by atoms with Crippen LogP contribution in [0.4, 0.5) is 0 Å². The first-order valence-electron chi connectivity index (χ1n) is 6.76. The summed E-state index contributed by atoms with van der Waals surface area (Å²) in [6.07, 6.45) is 9.21. The Hall–Kier alpha value is -0.150. The van der Waals surface area contributed by atoms with Gasteiger partial charge in [0.1, 0.15) is 0 Å². The first-order chi connectivity index (χ1) is 7.72. The Morgan fingerprint density at radius 2 is 2.12 bits per heavy atom. The van der Waals surface area contributed by atoms with E-state index < -0.39 is 0 Å². The molecule has 2 fully saturated rings. The maximum Gasteiger partial charge on any atom is 0.0743 e. The van der Waals surface area contributed by atoms with E-state index in [2.05, 4.69) is 11.8 Å². The van der Waals surface area contributed by atoms with Gasteiger partial charge in [-0.3, -0.25) is 4.90 Å². The van der Waals surface area contributed by atoms with Crippen molar-refractivity contribution in [3.8, 4) is 0 Å². The summed E-state index contributed by atoms with van der Waals surface area (Å²) >= 11 is 5.07. The first kappa shape index (κ1) is 12.3. The molecule has 0 spiro atoms. The number of hydrogen-bond acceptors (Lipinski definition) is 2. The predicted octanol–water partition coefficient (Wildman–Crippen LogP) is 2.71. The number of hydrogen-bond donors (Lipinski definition) is 1.